The standard InChI is InChI=1S/C15H18N4O6S/c20-18(21)13-7-8-14(15(10-13)19(22)23)17-16-12-6-4-2-1-3-5-9-26(24,25)11-12/h3,5,7-8,10,17H,1-2,4,6,9,11H2/b5-3+,16-12-. The van der Waals surface area contributed by atoms with Gasteiger partial charge in [-0.15, -0.1) is 0 Å². The zero-order valence-corrected chi connectivity index (χ0v) is 14.6. The number of allylic oxidation sites excluding steroid dienone is 1. The van der Waals surface area contributed by atoms with E-state index in [1.165, 1.54) is 6.07 Å². The molecule has 1 aliphatic rings. The summed E-state index contributed by atoms with van der Waals surface area (Å²) in [4.78, 5) is 20.4. The van der Waals surface area contributed by atoms with Gasteiger partial charge in [-0.05, 0) is 31.7 Å². The van der Waals surface area contributed by atoms with E-state index >= 15 is 0 Å². The van der Waals surface area contributed by atoms with Crippen LogP contribution in [0.25, 0.3) is 0 Å². The molecule has 140 valence electrons. The van der Waals surface area contributed by atoms with Crippen LogP contribution in [0.3, 0.4) is 0 Å². The van der Waals surface area contributed by atoms with Gasteiger partial charge in [0.15, 0.2) is 9.84 Å². The van der Waals surface area contributed by atoms with E-state index in [1.54, 1.807) is 6.08 Å². The van der Waals surface area contributed by atoms with E-state index in [0.717, 1.165) is 31.4 Å². The van der Waals surface area contributed by atoms with Gasteiger partial charge >= 0.3 is 5.69 Å². The molecule has 0 radical (unpaired) electrons. The molecule has 1 aliphatic heterocycles. The lowest BCUT2D eigenvalue weighted by molar-refractivity contribution is -0.393. The maximum atomic E-state index is 12.1. The highest BCUT2D eigenvalue weighted by Gasteiger charge is 2.20. The maximum Gasteiger partial charge on any atom is 0.301 e. The molecule has 1 heterocycles. The van der Waals surface area contributed by atoms with Gasteiger partial charge in [-0.3, -0.25) is 25.7 Å². The smallest absolute Gasteiger partial charge is 0.272 e. The molecule has 0 aliphatic carbocycles. The first-order valence-electron chi connectivity index (χ1n) is 7.88. The van der Waals surface area contributed by atoms with Gasteiger partial charge in [0.25, 0.3) is 5.69 Å². The predicted molar refractivity (Wildman–Crippen MR) is 97.1 cm³/mol. The Balaban J connectivity index is 2.27. The number of hydrogen-bond donors (Lipinski definition) is 1. The zero-order valence-electron chi connectivity index (χ0n) is 13.8. The molecule has 0 aromatic heterocycles. The van der Waals surface area contributed by atoms with E-state index in [4.69, 9.17) is 0 Å². The van der Waals surface area contributed by atoms with Crippen LogP contribution in [0.15, 0.2) is 35.5 Å². The van der Waals surface area contributed by atoms with Gasteiger partial charge in [-0.2, -0.15) is 5.10 Å². The quantitative estimate of drug-likeness (QED) is 0.478. The van der Waals surface area contributed by atoms with Crippen molar-refractivity contribution in [3.05, 3.63) is 50.6 Å². The Morgan fingerprint density at radius 3 is 2.54 bits per heavy atom. The highest BCUT2D eigenvalue weighted by molar-refractivity contribution is 7.92. The normalized spacial score (nSPS) is 20.2. The van der Waals surface area contributed by atoms with Crippen LogP contribution in [0, 0.1) is 20.2 Å². The molecule has 1 N–H and O–H groups in total. The van der Waals surface area contributed by atoms with Crippen LogP contribution in [0.5, 0.6) is 0 Å². The minimum Gasteiger partial charge on any atom is -0.272 e. The third kappa shape index (κ3) is 5.62. The molecule has 26 heavy (non-hydrogen) atoms. The van der Waals surface area contributed by atoms with Crippen LogP contribution in [-0.2, 0) is 9.84 Å². The number of rotatable bonds is 4. The van der Waals surface area contributed by atoms with E-state index in [9.17, 15) is 28.6 Å². The van der Waals surface area contributed by atoms with Crippen molar-refractivity contribution in [2.45, 2.75) is 25.7 Å². The van der Waals surface area contributed by atoms with E-state index in [2.05, 4.69) is 10.5 Å². The van der Waals surface area contributed by atoms with Crippen molar-refractivity contribution < 1.29 is 18.3 Å². The van der Waals surface area contributed by atoms with Gasteiger partial charge in [0.1, 0.15) is 5.69 Å². The minimum absolute atomic E-state index is 0.0394. The van der Waals surface area contributed by atoms with Crippen LogP contribution < -0.4 is 5.43 Å². The SMILES string of the molecule is O=[N+]([O-])c1ccc(N/N=C2/CCCC/C=C/CS(=O)(=O)C2)c([N+](=O)[O-])c1. The second-order valence-electron chi connectivity index (χ2n) is 5.78. The predicted octanol–water partition coefficient (Wildman–Crippen LogP) is 2.82. The molecule has 0 saturated carbocycles. The van der Waals surface area contributed by atoms with Crippen LogP contribution in [0.2, 0.25) is 0 Å². The summed E-state index contributed by atoms with van der Waals surface area (Å²) in [5.41, 5.74) is 1.90. The zero-order chi connectivity index (χ0) is 19.2. The number of nitro groups is 2. The summed E-state index contributed by atoms with van der Waals surface area (Å²) in [7, 11) is -3.36. The van der Waals surface area contributed by atoms with Crippen LogP contribution in [0.4, 0.5) is 17.1 Å². The molecular weight excluding hydrogens is 364 g/mol. The molecular formula is C15H18N4O6S. The number of sulfone groups is 1. The van der Waals surface area contributed by atoms with E-state index in [1.807, 2.05) is 6.08 Å². The summed E-state index contributed by atoms with van der Waals surface area (Å²) in [5.74, 6) is -0.325. The van der Waals surface area contributed by atoms with E-state index < -0.39 is 31.1 Å². The average Bonchev–Trinajstić information content (AvgIpc) is 2.57. The fourth-order valence-corrected chi connectivity index (χ4v) is 3.68. The molecule has 0 saturated heterocycles. The Morgan fingerprint density at radius 2 is 1.85 bits per heavy atom. The van der Waals surface area contributed by atoms with Gasteiger partial charge in [-0.1, -0.05) is 12.2 Å². The number of nitrogens with zero attached hydrogens (tertiary/aromatic N) is 3. The molecule has 1 aromatic rings. The summed E-state index contributed by atoms with van der Waals surface area (Å²) in [6, 6.07) is 3.12. The second-order valence-corrected chi connectivity index (χ2v) is 7.89. The number of anilines is 1. The number of nitro benzene ring substituents is 2. The Morgan fingerprint density at radius 1 is 1.08 bits per heavy atom. The van der Waals surface area contributed by atoms with E-state index in [-0.39, 0.29) is 17.2 Å². The summed E-state index contributed by atoms with van der Waals surface area (Å²) in [6.45, 7) is 0. The monoisotopic (exact) mass is 382 g/mol. The Labute approximate surface area is 149 Å². The molecule has 0 spiro atoms. The van der Waals surface area contributed by atoms with Crippen molar-refractivity contribution in [1.82, 2.24) is 0 Å². The fraction of sp³-hybridized carbons (Fsp3) is 0.400. The molecule has 2 rings (SSSR count). The van der Waals surface area contributed by atoms with Gasteiger partial charge in [0.2, 0.25) is 0 Å². The van der Waals surface area contributed by atoms with Crippen molar-refractivity contribution in [2.24, 2.45) is 5.10 Å². The minimum atomic E-state index is -3.36. The highest BCUT2D eigenvalue weighted by Crippen LogP contribution is 2.29. The van der Waals surface area contributed by atoms with Crippen molar-refractivity contribution in [1.29, 1.82) is 0 Å². The fourth-order valence-electron chi connectivity index (χ4n) is 2.42. The number of non-ortho nitro benzene ring substituents is 1. The lowest BCUT2D eigenvalue weighted by Crippen LogP contribution is -2.20. The first-order valence-corrected chi connectivity index (χ1v) is 9.70. The molecule has 0 bridgehead atoms. The van der Waals surface area contributed by atoms with Crippen molar-refractivity contribution in [3.63, 3.8) is 0 Å². The number of hydrogen-bond acceptors (Lipinski definition) is 8. The van der Waals surface area contributed by atoms with Crippen molar-refractivity contribution in [3.8, 4) is 0 Å². The largest absolute Gasteiger partial charge is 0.301 e. The molecule has 0 fully saturated rings. The van der Waals surface area contributed by atoms with Crippen LogP contribution >= 0.6 is 0 Å². The van der Waals surface area contributed by atoms with E-state index in [0.29, 0.717) is 12.1 Å². The van der Waals surface area contributed by atoms with Gasteiger partial charge in [-0.25, -0.2) is 8.42 Å². The second kappa shape index (κ2) is 8.52. The Hall–Kier alpha value is -2.82. The Kier molecular flexibility index (Phi) is 6.39. The average molecular weight is 382 g/mol. The summed E-state index contributed by atoms with van der Waals surface area (Å²) >= 11 is 0. The lowest BCUT2D eigenvalue weighted by Gasteiger charge is -2.09. The first kappa shape index (κ1) is 19.5. The third-order valence-corrected chi connectivity index (χ3v) is 5.19. The topological polar surface area (TPSA) is 145 Å². The molecule has 11 heteroatoms. The maximum absolute atomic E-state index is 12.1. The third-order valence-electron chi connectivity index (χ3n) is 3.71. The molecule has 0 amide bonds. The van der Waals surface area contributed by atoms with Crippen LogP contribution in [0.1, 0.15) is 25.7 Å². The number of nitrogens with one attached hydrogen (secondary N) is 1. The van der Waals surface area contributed by atoms with Crippen molar-refractivity contribution in [2.75, 3.05) is 16.9 Å². The van der Waals surface area contributed by atoms with Crippen molar-refractivity contribution >= 4 is 32.6 Å². The molecule has 0 atom stereocenters. The molecule has 10 nitrogen and oxygen atoms in total. The van der Waals surface area contributed by atoms with Gasteiger partial charge in [0, 0.05) is 6.07 Å². The summed E-state index contributed by atoms with van der Waals surface area (Å²) in [5, 5.41) is 25.9. The number of benzene rings is 1. The Bertz CT molecular complexity index is 863. The van der Waals surface area contributed by atoms with Gasteiger partial charge in [0.05, 0.1) is 33.1 Å². The van der Waals surface area contributed by atoms with Gasteiger partial charge < -0.3 is 0 Å². The first-order chi connectivity index (χ1) is 12.3. The van der Waals surface area contributed by atoms with Crippen LogP contribution in [-0.4, -0.2) is 35.5 Å². The molecule has 1 aromatic carbocycles. The lowest BCUT2D eigenvalue weighted by atomic mass is 10.1. The summed E-state index contributed by atoms with van der Waals surface area (Å²) < 4.78 is 24.1. The summed E-state index contributed by atoms with van der Waals surface area (Å²) in [6.07, 6.45) is 6.31. The highest BCUT2D eigenvalue weighted by atomic mass is 32.2. The molecule has 0 unspecified atom stereocenters. The number of hydrazone groups is 1.